The smallest absolute Gasteiger partial charge is 0.0819 e. The standard InChI is InChI=1S/C54H37NS/c1-53(2)45-20-10-6-16-39(45)41-31-29-38(33-48(41)53)55(36-14-4-3-5-15-36)37-27-24-34(25-28-37)35-26-30-42-40-17-7-11-21-46(40)54(49(42)32-35)47-22-12-8-18-43(47)51-44-19-9-13-23-50(44)56-52(51)54/h3-33H,1-2H3. The van der Waals surface area contributed by atoms with Crippen molar-refractivity contribution < 1.29 is 0 Å². The van der Waals surface area contributed by atoms with Gasteiger partial charge < -0.3 is 4.90 Å². The minimum absolute atomic E-state index is 0.0742. The lowest BCUT2D eigenvalue weighted by Crippen LogP contribution is -2.24. The molecule has 0 saturated heterocycles. The highest BCUT2D eigenvalue weighted by Gasteiger charge is 2.53. The first-order valence-corrected chi connectivity index (χ1v) is 20.4. The normalized spacial score (nSPS) is 16.2. The van der Waals surface area contributed by atoms with Crippen molar-refractivity contribution in [2.75, 3.05) is 4.90 Å². The van der Waals surface area contributed by atoms with E-state index in [1.807, 2.05) is 11.3 Å². The number of hydrogen-bond donors (Lipinski definition) is 0. The zero-order valence-corrected chi connectivity index (χ0v) is 32.1. The van der Waals surface area contributed by atoms with E-state index in [-0.39, 0.29) is 10.8 Å². The van der Waals surface area contributed by atoms with Crippen LogP contribution in [0.4, 0.5) is 17.1 Å². The molecule has 1 spiro atoms. The maximum absolute atomic E-state index is 2.50. The van der Waals surface area contributed by atoms with Gasteiger partial charge >= 0.3 is 0 Å². The maximum atomic E-state index is 2.50. The summed E-state index contributed by atoms with van der Waals surface area (Å²) < 4.78 is 1.35. The molecule has 2 heteroatoms. The van der Waals surface area contributed by atoms with E-state index in [2.05, 4.69) is 207 Å². The number of anilines is 3. The Bertz CT molecular complexity index is 3060. The third kappa shape index (κ3) is 4.14. The highest BCUT2D eigenvalue weighted by Crippen LogP contribution is 2.66. The zero-order valence-electron chi connectivity index (χ0n) is 31.3. The average Bonchev–Trinajstić information content (AvgIpc) is 3.93. The van der Waals surface area contributed by atoms with Crippen molar-refractivity contribution in [3.05, 3.63) is 221 Å². The van der Waals surface area contributed by atoms with E-state index >= 15 is 0 Å². The van der Waals surface area contributed by atoms with Crippen molar-refractivity contribution >= 4 is 38.5 Å². The van der Waals surface area contributed by atoms with Gasteiger partial charge in [-0.3, -0.25) is 0 Å². The second kappa shape index (κ2) is 11.5. The fourth-order valence-electron chi connectivity index (χ4n) is 10.4. The quantitative estimate of drug-likeness (QED) is 0.174. The van der Waals surface area contributed by atoms with Crippen molar-refractivity contribution in [3.63, 3.8) is 0 Å². The summed E-state index contributed by atoms with van der Waals surface area (Å²) in [7, 11) is 0. The van der Waals surface area contributed by atoms with Crippen LogP contribution in [0.1, 0.15) is 46.5 Å². The van der Waals surface area contributed by atoms with Gasteiger partial charge in [0.25, 0.3) is 0 Å². The molecule has 0 amide bonds. The predicted octanol–water partition coefficient (Wildman–Crippen LogP) is 14.7. The summed E-state index contributed by atoms with van der Waals surface area (Å²) in [5.74, 6) is 0. The number of rotatable bonds is 4. The third-order valence-corrected chi connectivity index (χ3v) is 14.2. The molecule has 9 aromatic rings. The van der Waals surface area contributed by atoms with Gasteiger partial charge in [-0.15, -0.1) is 11.3 Å². The summed E-state index contributed by atoms with van der Waals surface area (Å²) in [6.45, 7) is 4.71. The van der Waals surface area contributed by atoms with Crippen molar-refractivity contribution in [2.45, 2.75) is 24.7 Å². The Labute approximate surface area is 331 Å². The van der Waals surface area contributed by atoms with Crippen molar-refractivity contribution in [2.24, 2.45) is 0 Å². The second-order valence-electron chi connectivity index (χ2n) is 16.0. The molecule has 1 aromatic heterocycles. The Morgan fingerprint density at radius 3 is 1.71 bits per heavy atom. The highest BCUT2D eigenvalue weighted by molar-refractivity contribution is 7.20. The van der Waals surface area contributed by atoms with E-state index in [9.17, 15) is 0 Å². The summed E-state index contributed by atoms with van der Waals surface area (Å²) in [4.78, 5) is 3.84. The molecular formula is C54H37NS. The predicted molar refractivity (Wildman–Crippen MR) is 236 cm³/mol. The molecule has 1 heterocycles. The molecule has 1 unspecified atom stereocenters. The van der Waals surface area contributed by atoms with Crippen molar-refractivity contribution in [3.8, 4) is 44.5 Å². The molecule has 1 nitrogen and oxygen atoms in total. The molecule has 56 heavy (non-hydrogen) atoms. The van der Waals surface area contributed by atoms with Crippen LogP contribution in [0.3, 0.4) is 0 Å². The van der Waals surface area contributed by atoms with E-state index in [0.29, 0.717) is 0 Å². The van der Waals surface area contributed by atoms with Crippen LogP contribution in [0.15, 0.2) is 188 Å². The first-order valence-electron chi connectivity index (χ1n) is 19.6. The molecule has 264 valence electrons. The van der Waals surface area contributed by atoms with Gasteiger partial charge in [0, 0.05) is 43.0 Å². The van der Waals surface area contributed by atoms with Crippen LogP contribution in [0, 0.1) is 0 Å². The van der Waals surface area contributed by atoms with Gasteiger partial charge in [-0.25, -0.2) is 0 Å². The van der Waals surface area contributed by atoms with Gasteiger partial charge in [-0.05, 0) is 115 Å². The number of fused-ring (bicyclic) bond motifs is 15. The number of para-hydroxylation sites is 1. The summed E-state index contributed by atoms with van der Waals surface area (Å²) in [6.07, 6.45) is 0. The molecule has 0 bridgehead atoms. The monoisotopic (exact) mass is 731 g/mol. The minimum Gasteiger partial charge on any atom is -0.310 e. The van der Waals surface area contributed by atoms with E-state index in [1.54, 1.807) is 0 Å². The van der Waals surface area contributed by atoms with Crippen molar-refractivity contribution in [1.82, 2.24) is 0 Å². The molecule has 3 aliphatic rings. The summed E-state index contributed by atoms with van der Waals surface area (Å²) in [6, 6.07) is 70.3. The number of hydrogen-bond acceptors (Lipinski definition) is 2. The Balaban J connectivity index is 0.998. The first kappa shape index (κ1) is 31.8. The topological polar surface area (TPSA) is 3.24 Å². The molecule has 1 atom stereocenters. The van der Waals surface area contributed by atoms with Gasteiger partial charge in [0.05, 0.1) is 5.41 Å². The summed E-state index contributed by atoms with van der Waals surface area (Å²) >= 11 is 1.97. The highest BCUT2D eigenvalue weighted by atomic mass is 32.1. The van der Waals surface area contributed by atoms with Crippen LogP contribution in [0.2, 0.25) is 0 Å². The zero-order chi connectivity index (χ0) is 37.2. The van der Waals surface area contributed by atoms with Gasteiger partial charge in [0.2, 0.25) is 0 Å². The molecule has 0 radical (unpaired) electrons. The molecule has 0 aliphatic heterocycles. The van der Waals surface area contributed by atoms with E-state index in [0.717, 1.165) is 11.4 Å². The SMILES string of the molecule is CC1(C)c2ccccc2-c2ccc(N(c3ccccc3)c3ccc(-c4ccc5c(c4)C4(c6ccccc6-5)c5ccccc5-c5c4sc4ccccc54)cc3)cc21. The van der Waals surface area contributed by atoms with Gasteiger partial charge in [0.15, 0.2) is 0 Å². The summed E-state index contributed by atoms with van der Waals surface area (Å²) in [5.41, 5.74) is 20.5. The second-order valence-corrected chi connectivity index (χ2v) is 17.1. The van der Waals surface area contributed by atoms with E-state index in [4.69, 9.17) is 0 Å². The number of benzene rings is 8. The fourth-order valence-corrected chi connectivity index (χ4v) is 11.8. The van der Waals surface area contributed by atoms with Crippen LogP contribution in [-0.2, 0) is 10.8 Å². The third-order valence-electron chi connectivity index (χ3n) is 12.9. The van der Waals surface area contributed by atoms with Crippen LogP contribution in [0.5, 0.6) is 0 Å². The molecule has 12 rings (SSSR count). The van der Waals surface area contributed by atoms with Crippen LogP contribution in [0.25, 0.3) is 54.6 Å². The van der Waals surface area contributed by atoms with Crippen molar-refractivity contribution in [1.29, 1.82) is 0 Å². The fraction of sp³-hybridized carbons (Fsp3) is 0.0741. The molecule has 3 aliphatic carbocycles. The lowest BCUT2D eigenvalue weighted by atomic mass is 9.73. The Kier molecular flexibility index (Phi) is 6.55. The lowest BCUT2D eigenvalue weighted by molar-refractivity contribution is 0.660. The Morgan fingerprint density at radius 1 is 0.393 bits per heavy atom. The average molecular weight is 732 g/mol. The van der Waals surface area contributed by atoms with Crippen LogP contribution >= 0.6 is 11.3 Å². The summed E-state index contributed by atoms with van der Waals surface area (Å²) in [5, 5.41) is 1.36. The van der Waals surface area contributed by atoms with E-state index < -0.39 is 0 Å². The largest absolute Gasteiger partial charge is 0.310 e. The van der Waals surface area contributed by atoms with Crippen LogP contribution < -0.4 is 4.90 Å². The molecular weight excluding hydrogens is 695 g/mol. The number of nitrogens with zero attached hydrogens (tertiary/aromatic N) is 1. The maximum Gasteiger partial charge on any atom is 0.0819 e. The van der Waals surface area contributed by atoms with Crippen LogP contribution in [-0.4, -0.2) is 0 Å². The molecule has 0 saturated carbocycles. The Morgan fingerprint density at radius 2 is 0.929 bits per heavy atom. The lowest BCUT2D eigenvalue weighted by Gasteiger charge is -2.29. The number of thiophene rings is 1. The van der Waals surface area contributed by atoms with Gasteiger partial charge in [0.1, 0.15) is 0 Å². The van der Waals surface area contributed by atoms with Gasteiger partial charge in [-0.2, -0.15) is 0 Å². The molecule has 0 fully saturated rings. The van der Waals surface area contributed by atoms with Gasteiger partial charge in [-0.1, -0.05) is 153 Å². The first-order chi connectivity index (χ1) is 27.5. The van der Waals surface area contributed by atoms with E-state index in [1.165, 1.54) is 93.0 Å². The molecule has 8 aromatic carbocycles. The Hall–Kier alpha value is -6.48. The minimum atomic E-state index is -0.359. The molecule has 0 N–H and O–H groups in total.